The summed E-state index contributed by atoms with van der Waals surface area (Å²) in [5, 5.41) is 0. The number of ether oxygens (including phenoxy) is 3. The lowest BCUT2D eigenvalue weighted by Crippen LogP contribution is -2.07. The minimum atomic E-state index is -0.369. The fourth-order valence-corrected chi connectivity index (χ4v) is 4.20. The van der Waals surface area contributed by atoms with Gasteiger partial charge in [-0.25, -0.2) is 9.59 Å². The van der Waals surface area contributed by atoms with Crippen LogP contribution in [0.2, 0.25) is 0 Å². The average molecular weight is 541 g/mol. The topological polar surface area (TPSA) is 78.9 Å². The second-order valence-electron chi connectivity index (χ2n) is 9.50. The summed E-state index contributed by atoms with van der Waals surface area (Å²) in [7, 11) is 1.36. The Bertz CT molecular complexity index is 1270. The molecule has 0 aromatic heterocycles. The van der Waals surface area contributed by atoms with E-state index in [4.69, 9.17) is 20.6 Å². The molecular formula is C34H36O6. The molecule has 3 rings (SSSR count). The lowest BCUT2D eigenvalue weighted by atomic mass is 10.0. The zero-order valence-electron chi connectivity index (χ0n) is 23.0. The van der Waals surface area contributed by atoms with Crippen LogP contribution in [0.3, 0.4) is 0 Å². The number of rotatable bonds is 15. The van der Waals surface area contributed by atoms with Gasteiger partial charge in [-0.15, -0.1) is 6.42 Å². The van der Waals surface area contributed by atoms with Crippen LogP contribution in [0.4, 0.5) is 0 Å². The van der Waals surface area contributed by atoms with E-state index >= 15 is 0 Å². The van der Waals surface area contributed by atoms with Crippen LogP contribution in [0.5, 0.6) is 5.75 Å². The van der Waals surface area contributed by atoms with Crippen LogP contribution in [-0.4, -0.2) is 31.6 Å². The van der Waals surface area contributed by atoms with Gasteiger partial charge in [0.1, 0.15) is 5.75 Å². The van der Waals surface area contributed by atoms with Crippen LogP contribution in [0.1, 0.15) is 84.1 Å². The van der Waals surface area contributed by atoms with Gasteiger partial charge in [0.15, 0.2) is 0 Å². The Hall–Kier alpha value is -4.37. The van der Waals surface area contributed by atoms with E-state index in [0.717, 1.165) is 68.1 Å². The number of hydrogen-bond donors (Lipinski definition) is 0. The third-order valence-corrected chi connectivity index (χ3v) is 6.52. The first-order valence-corrected chi connectivity index (χ1v) is 13.7. The van der Waals surface area contributed by atoms with Gasteiger partial charge in [0.2, 0.25) is 0 Å². The number of esters is 3. The molecule has 0 atom stereocenters. The number of unbranched alkanes of at least 4 members (excludes halogenated alkanes) is 7. The minimum absolute atomic E-state index is 0.225. The van der Waals surface area contributed by atoms with Gasteiger partial charge in [-0.3, -0.25) is 4.79 Å². The van der Waals surface area contributed by atoms with Crippen molar-refractivity contribution in [3.05, 3.63) is 89.5 Å². The molecule has 0 N–H and O–H groups in total. The molecule has 3 aromatic carbocycles. The highest BCUT2D eigenvalue weighted by Gasteiger charge is 2.08. The Morgan fingerprint density at radius 2 is 1.15 bits per heavy atom. The molecule has 0 bridgehead atoms. The lowest BCUT2D eigenvalue weighted by molar-refractivity contribution is -0.134. The molecule has 0 aliphatic carbocycles. The third kappa shape index (κ3) is 10.1. The van der Waals surface area contributed by atoms with Crippen LogP contribution >= 0.6 is 0 Å². The van der Waals surface area contributed by atoms with Gasteiger partial charge in [-0.1, -0.05) is 68.7 Å². The summed E-state index contributed by atoms with van der Waals surface area (Å²) < 4.78 is 15.5. The highest BCUT2D eigenvalue weighted by molar-refractivity contribution is 5.90. The summed E-state index contributed by atoms with van der Waals surface area (Å²) in [4.78, 5) is 35.8. The van der Waals surface area contributed by atoms with Gasteiger partial charge in [0, 0.05) is 12.0 Å². The number of carbonyl (C=O) groups is 3. The quantitative estimate of drug-likeness (QED) is 0.0865. The molecule has 6 nitrogen and oxygen atoms in total. The smallest absolute Gasteiger partial charge is 0.338 e. The van der Waals surface area contributed by atoms with Crippen molar-refractivity contribution in [3.63, 3.8) is 0 Å². The van der Waals surface area contributed by atoms with E-state index in [1.807, 2.05) is 24.3 Å². The fraction of sp³-hybridized carbons (Fsp3) is 0.324. The highest BCUT2D eigenvalue weighted by Crippen LogP contribution is 2.23. The summed E-state index contributed by atoms with van der Waals surface area (Å²) in [5.74, 6) is 2.13. The minimum Gasteiger partial charge on any atom is -0.465 e. The van der Waals surface area contributed by atoms with Gasteiger partial charge in [-0.2, -0.15) is 0 Å². The normalized spacial score (nSPS) is 10.4. The van der Waals surface area contributed by atoms with E-state index < -0.39 is 0 Å². The van der Waals surface area contributed by atoms with Crippen molar-refractivity contribution >= 4 is 17.9 Å². The molecule has 3 aromatic rings. The molecule has 0 saturated carbocycles. The molecule has 0 aliphatic heterocycles. The predicted molar refractivity (Wildman–Crippen MR) is 155 cm³/mol. The molecule has 0 unspecified atom stereocenters. The predicted octanol–water partition coefficient (Wildman–Crippen LogP) is 7.39. The van der Waals surface area contributed by atoms with Gasteiger partial charge in [0.05, 0.1) is 24.8 Å². The van der Waals surface area contributed by atoms with Crippen molar-refractivity contribution in [2.75, 3.05) is 13.7 Å². The summed E-state index contributed by atoms with van der Waals surface area (Å²) in [6, 6.07) is 21.3. The second-order valence-corrected chi connectivity index (χ2v) is 9.50. The summed E-state index contributed by atoms with van der Waals surface area (Å²) >= 11 is 0. The van der Waals surface area contributed by atoms with E-state index in [9.17, 15) is 14.4 Å². The molecule has 0 saturated heterocycles. The van der Waals surface area contributed by atoms with Crippen LogP contribution in [-0.2, 0) is 14.3 Å². The van der Waals surface area contributed by atoms with Crippen LogP contribution in [0.15, 0.2) is 72.8 Å². The van der Waals surface area contributed by atoms with Gasteiger partial charge < -0.3 is 14.2 Å². The Balaban J connectivity index is 1.20. The molecule has 40 heavy (non-hydrogen) atoms. The lowest BCUT2D eigenvalue weighted by Gasteiger charge is -2.07. The van der Waals surface area contributed by atoms with E-state index in [-0.39, 0.29) is 17.9 Å². The number of carbonyl (C=O) groups excluding carboxylic acids is 3. The number of methoxy groups -OCH3 is 1. The summed E-state index contributed by atoms with van der Waals surface area (Å²) in [6.07, 6.45) is 13.8. The second kappa shape index (κ2) is 16.6. The molecule has 0 spiro atoms. The van der Waals surface area contributed by atoms with E-state index in [1.165, 1.54) is 7.11 Å². The van der Waals surface area contributed by atoms with Crippen LogP contribution in [0, 0.1) is 12.3 Å². The van der Waals surface area contributed by atoms with Gasteiger partial charge >= 0.3 is 17.9 Å². The standard InChI is InChI=1S/C34H36O6/c1-3-26-13-15-30(16-14-26)34(37)39-25-11-9-7-5-4-6-8-10-12-32(35)40-31-23-21-28(22-24-31)27-17-19-29(20-18-27)33(36)38-2/h1,13-24H,4-12,25H2,2H3. The zero-order valence-corrected chi connectivity index (χ0v) is 23.0. The molecule has 0 aliphatic rings. The SMILES string of the molecule is C#Cc1ccc(C(=O)OCCCCCCCCCCC(=O)Oc2ccc(-c3ccc(C(=O)OC)cc3)cc2)cc1. The molecular weight excluding hydrogens is 504 g/mol. The first-order valence-electron chi connectivity index (χ1n) is 13.7. The largest absolute Gasteiger partial charge is 0.465 e. The average Bonchev–Trinajstić information content (AvgIpc) is 2.99. The van der Waals surface area contributed by atoms with Gasteiger partial charge in [0.25, 0.3) is 0 Å². The van der Waals surface area contributed by atoms with E-state index in [1.54, 1.807) is 48.5 Å². The van der Waals surface area contributed by atoms with Crippen LogP contribution < -0.4 is 4.74 Å². The molecule has 0 amide bonds. The van der Waals surface area contributed by atoms with Crippen molar-refractivity contribution in [1.82, 2.24) is 0 Å². The maximum Gasteiger partial charge on any atom is 0.338 e. The van der Waals surface area contributed by atoms with E-state index in [2.05, 4.69) is 5.92 Å². The number of hydrogen-bond acceptors (Lipinski definition) is 6. The number of terminal acetylenes is 1. The van der Waals surface area contributed by atoms with Crippen LogP contribution in [0.25, 0.3) is 11.1 Å². The molecule has 0 heterocycles. The molecule has 0 fully saturated rings. The third-order valence-electron chi connectivity index (χ3n) is 6.52. The Morgan fingerprint density at radius 3 is 1.73 bits per heavy atom. The molecule has 0 radical (unpaired) electrons. The monoisotopic (exact) mass is 540 g/mol. The van der Waals surface area contributed by atoms with E-state index in [0.29, 0.717) is 29.9 Å². The van der Waals surface area contributed by atoms with Crippen molar-refractivity contribution in [2.45, 2.75) is 57.8 Å². The highest BCUT2D eigenvalue weighted by atomic mass is 16.5. The Labute approximate surface area is 236 Å². The van der Waals surface area contributed by atoms with Crippen molar-refractivity contribution in [1.29, 1.82) is 0 Å². The summed E-state index contributed by atoms with van der Waals surface area (Å²) in [5.41, 5.74) is 3.67. The maximum atomic E-state index is 12.2. The first kappa shape index (κ1) is 30.2. The van der Waals surface area contributed by atoms with Crippen molar-refractivity contribution in [2.24, 2.45) is 0 Å². The zero-order chi connectivity index (χ0) is 28.6. The van der Waals surface area contributed by atoms with Crippen molar-refractivity contribution in [3.8, 4) is 29.2 Å². The van der Waals surface area contributed by atoms with Gasteiger partial charge in [-0.05, 0) is 72.5 Å². The summed E-state index contributed by atoms with van der Waals surface area (Å²) in [6.45, 7) is 0.421. The Morgan fingerprint density at radius 1 is 0.650 bits per heavy atom. The maximum absolute atomic E-state index is 12.2. The van der Waals surface area contributed by atoms with Crippen molar-refractivity contribution < 1.29 is 28.6 Å². The molecule has 208 valence electrons. The Kier molecular flexibility index (Phi) is 12.5. The number of benzene rings is 3. The molecule has 6 heteroatoms. The first-order chi connectivity index (χ1) is 19.5. The fourth-order valence-electron chi connectivity index (χ4n) is 4.20.